The summed E-state index contributed by atoms with van der Waals surface area (Å²) in [4.78, 5) is 14.7. The molecule has 1 aliphatic rings. The van der Waals surface area contributed by atoms with Crippen molar-refractivity contribution >= 4 is 33.0 Å². The molecule has 1 unspecified atom stereocenters. The number of sulfonamides is 1. The Labute approximate surface area is 174 Å². The molecule has 0 spiro atoms. The highest BCUT2D eigenvalue weighted by Gasteiger charge is 2.21. The fourth-order valence-electron chi connectivity index (χ4n) is 3.41. The molecule has 1 amide bonds. The van der Waals surface area contributed by atoms with E-state index in [1.165, 1.54) is 40.2 Å². The average Bonchev–Trinajstić information content (AvgIpc) is 3.36. The molecule has 8 heteroatoms. The van der Waals surface area contributed by atoms with Gasteiger partial charge in [0.05, 0.1) is 22.6 Å². The first kappa shape index (κ1) is 19.9. The van der Waals surface area contributed by atoms with E-state index in [1.807, 2.05) is 6.07 Å². The van der Waals surface area contributed by atoms with Crippen LogP contribution in [0, 0.1) is 5.92 Å². The van der Waals surface area contributed by atoms with Gasteiger partial charge in [0.1, 0.15) is 5.76 Å². The second-order valence-electron chi connectivity index (χ2n) is 7.29. The lowest BCUT2D eigenvalue weighted by Crippen LogP contribution is -2.23. The number of hydrogen-bond donors (Lipinski definition) is 2. The second-order valence-corrected chi connectivity index (χ2v) is 10.2. The van der Waals surface area contributed by atoms with Gasteiger partial charge in [0.2, 0.25) is 10.0 Å². The highest BCUT2D eigenvalue weighted by molar-refractivity contribution is 7.89. The minimum absolute atomic E-state index is 0.0606. The van der Waals surface area contributed by atoms with E-state index in [1.54, 1.807) is 24.3 Å². The molecule has 6 nitrogen and oxygen atoms in total. The lowest BCUT2D eigenvalue weighted by Gasteiger charge is -2.16. The molecule has 0 bridgehead atoms. The molecular formula is C21H22N2O4S2. The monoisotopic (exact) mass is 430 g/mol. The van der Waals surface area contributed by atoms with Gasteiger partial charge in [-0.2, -0.15) is 0 Å². The molecule has 0 fully saturated rings. The van der Waals surface area contributed by atoms with Crippen LogP contribution in [-0.4, -0.2) is 14.3 Å². The van der Waals surface area contributed by atoms with Crippen molar-refractivity contribution in [2.24, 2.45) is 5.92 Å². The molecule has 4 rings (SSSR count). The van der Waals surface area contributed by atoms with Gasteiger partial charge in [-0.05, 0) is 67.1 Å². The summed E-state index contributed by atoms with van der Waals surface area (Å²) in [6, 6.07) is 11.6. The zero-order chi connectivity index (χ0) is 20.4. The van der Waals surface area contributed by atoms with Crippen LogP contribution in [0.4, 0.5) is 5.69 Å². The smallest absolute Gasteiger partial charge is 0.265 e. The van der Waals surface area contributed by atoms with E-state index in [4.69, 9.17) is 4.42 Å². The van der Waals surface area contributed by atoms with Crippen LogP contribution >= 0.6 is 11.3 Å². The van der Waals surface area contributed by atoms with Crippen LogP contribution in [0.5, 0.6) is 0 Å². The van der Waals surface area contributed by atoms with Crippen molar-refractivity contribution in [3.63, 3.8) is 0 Å². The Bertz CT molecular complexity index is 1120. The molecule has 1 aromatic carbocycles. The minimum atomic E-state index is -3.73. The van der Waals surface area contributed by atoms with Crippen molar-refractivity contribution in [1.29, 1.82) is 0 Å². The number of furan rings is 1. The van der Waals surface area contributed by atoms with Gasteiger partial charge in [-0.3, -0.25) is 4.79 Å². The summed E-state index contributed by atoms with van der Waals surface area (Å²) < 4.78 is 32.7. The van der Waals surface area contributed by atoms with Crippen molar-refractivity contribution in [3.8, 4) is 0 Å². The third-order valence-corrected chi connectivity index (χ3v) is 7.61. The summed E-state index contributed by atoms with van der Waals surface area (Å²) in [6.07, 6.45) is 4.67. The maximum absolute atomic E-state index is 12.7. The van der Waals surface area contributed by atoms with Gasteiger partial charge in [-0.1, -0.05) is 13.0 Å². The highest BCUT2D eigenvalue weighted by atomic mass is 32.2. The van der Waals surface area contributed by atoms with Gasteiger partial charge in [0.15, 0.2) is 0 Å². The van der Waals surface area contributed by atoms with Crippen molar-refractivity contribution in [3.05, 3.63) is 69.8 Å². The summed E-state index contributed by atoms with van der Waals surface area (Å²) in [5.74, 6) is 0.952. The van der Waals surface area contributed by atoms with Crippen LogP contribution < -0.4 is 10.0 Å². The van der Waals surface area contributed by atoms with E-state index >= 15 is 0 Å². The van der Waals surface area contributed by atoms with E-state index in [2.05, 4.69) is 17.0 Å². The topological polar surface area (TPSA) is 88.4 Å². The Morgan fingerprint density at radius 3 is 2.90 bits per heavy atom. The van der Waals surface area contributed by atoms with Gasteiger partial charge in [-0.15, -0.1) is 11.3 Å². The SMILES string of the molecule is CC1CCc2sc(C(=O)Nc3cccc(S(=O)(=O)NCc4ccco4)c3)cc2C1. The number of carbonyl (C=O) groups excluding carboxylic acids is 1. The summed E-state index contributed by atoms with van der Waals surface area (Å²) in [6.45, 7) is 2.29. The lowest BCUT2D eigenvalue weighted by atomic mass is 9.90. The van der Waals surface area contributed by atoms with E-state index in [0.717, 1.165) is 19.3 Å². The van der Waals surface area contributed by atoms with Crippen molar-refractivity contribution in [2.75, 3.05) is 5.32 Å². The fraction of sp³-hybridized carbons (Fsp3) is 0.286. The normalized spacial score (nSPS) is 16.4. The van der Waals surface area contributed by atoms with Crippen LogP contribution in [0.2, 0.25) is 0 Å². The number of hydrogen-bond acceptors (Lipinski definition) is 5. The zero-order valence-corrected chi connectivity index (χ0v) is 17.6. The zero-order valence-electron chi connectivity index (χ0n) is 16.0. The number of rotatable bonds is 6. The number of fused-ring (bicyclic) bond motifs is 1. The molecule has 0 radical (unpaired) electrons. The number of thiophene rings is 1. The average molecular weight is 431 g/mol. The standard InChI is InChI=1S/C21H22N2O4S2/c1-14-7-8-19-15(10-14)11-20(28-19)21(24)23-16-4-2-6-18(12-16)29(25,26)22-13-17-5-3-9-27-17/h2-6,9,11-12,14,22H,7-8,10,13H2,1H3,(H,23,24). The Balaban J connectivity index is 1.46. The number of carbonyl (C=O) groups is 1. The highest BCUT2D eigenvalue weighted by Crippen LogP contribution is 2.32. The quantitative estimate of drug-likeness (QED) is 0.614. The minimum Gasteiger partial charge on any atom is -0.468 e. The summed E-state index contributed by atoms with van der Waals surface area (Å²) in [5.41, 5.74) is 1.70. The third-order valence-electron chi connectivity index (χ3n) is 4.97. The summed E-state index contributed by atoms with van der Waals surface area (Å²) in [7, 11) is -3.73. The lowest BCUT2D eigenvalue weighted by molar-refractivity contribution is 0.103. The fourth-order valence-corrected chi connectivity index (χ4v) is 5.56. The predicted molar refractivity (Wildman–Crippen MR) is 113 cm³/mol. The Hall–Kier alpha value is -2.42. The first-order chi connectivity index (χ1) is 13.9. The maximum atomic E-state index is 12.7. The number of nitrogens with one attached hydrogen (secondary N) is 2. The van der Waals surface area contributed by atoms with Crippen LogP contribution in [-0.2, 0) is 29.4 Å². The molecule has 152 valence electrons. The summed E-state index contributed by atoms with van der Waals surface area (Å²) >= 11 is 1.53. The molecule has 1 aliphatic carbocycles. The van der Waals surface area contributed by atoms with E-state index < -0.39 is 10.0 Å². The molecule has 3 aromatic rings. The molecule has 1 atom stereocenters. The van der Waals surface area contributed by atoms with Gasteiger partial charge < -0.3 is 9.73 Å². The van der Waals surface area contributed by atoms with Gasteiger partial charge in [0, 0.05) is 10.6 Å². The number of amides is 1. The van der Waals surface area contributed by atoms with E-state index in [-0.39, 0.29) is 17.3 Å². The first-order valence-corrected chi connectivity index (χ1v) is 11.8. The van der Waals surface area contributed by atoms with Crippen molar-refractivity contribution in [1.82, 2.24) is 4.72 Å². The molecule has 2 heterocycles. The van der Waals surface area contributed by atoms with E-state index in [0.29, 0.717) is 22.2 Å². The number of anilines is 1. The van der Waals surface area contributed by atoms with Crippen molar-refractivity contribution in [2.45, 2.75) is 37.6 Å². The van der Waals surface area contributed by atoms with Gasteiger partial charge in [-0.25, -0.2) is 13.1 Å². The van der Waals surface area contributed by atoms with Crippen LogP contribution in [0.25, 0.3) is 0 Å². The molecular weight excluding hydrogens is 408 g/mol. The largest absolute Gasteiger partial charge is 0.468 e. The molecule has 2 N–H and O–H groups in total. The van der Waals surface area contributed by atoms with Crippen LogP contribution in [0.1, 0.15) is 39.2 Å². The third kappa shape index (κ3) is 4.60. The second kappa shape index (κ2) is 8.14. The molecule has 0 saturated carbocycles. The first-order valence-electron chi connectivity index (χ1n) is 9.46. The molecule has 29 heavy (non-hydrogen) atoms. The van der Waals surface area contributed by atoms with Crippen LogP contribution in [0.15, 0.2) is 58.0 Å². The number of aryl methyl sites for hydroxylation is 1. The van der Waals surface area contributed by atoms with E-state index in [9.17, 15) is 13.2 Å². The number of benzene rings is 1. The molecule has 0 saturated heterocycles. The van der Waals surface area contributed by atoms with Gasteiger partial charge >= 0.3 is 0 Å². The maximum Gasteiger partial charge on any atom is 0.265 e. The van der Waals surface area contributed by atoms with Crippen LogP contribution in [0.3, 0.4) is 0 Å². The Kier molecular flexibility index (Phi) is 5.58. The summed E-state index contributed by atoms with van der Waals surface area (Å²) in [5, 5.41) is 2.82. The van der Waals surface area contributed by atoms with Gasteiger partial charge in [0.25, 0.3) is 5.91 Å². The van der Waals surface area contributed by atoms with Crippen molar-refractivity contribution < 1.29 is 17.6 Å². The Morgan fingerprint density at radius 2 is 2.10 bits per heavy atom. The Morgan fingerprint density at radius 1 is 1.24 bits per heavy atom. The molecule has 2 aromatic heterocycles. The molecule has 0 aliphatic heterocycles. The predicted octanol–water partition coefficient (Wildman–Crippen LogP) is 4.20.